The Morgan fingerprint density at radius 3 is 2.54 bits per heavy atom. The molecule has 1 heterocycles. The first kappa shape index (κ1) is 17.7. The fourth-order valence-corrected chi connectivity index (χ4v) is 3.39. The standard InChI is InChI=1S/C18H14N2O5S/c1-25-16-13(8-5-9-14(16)20(23)24)10-15-17(21)19(18(22)26-15)11-12-6-3-2-4-7-12/h2-10H,11H2,1H3/b15-10-. The summed E-state index contributed by atoms with van der Waals surface area (Å²) in [6.07, 6.45) is 1.45. The molecule has 0 N–H and O–H groups in total. The van der Waals surface area contributed by atoms with Gasteiger partial charge in [-0.2, -0.15) is 0 Å². The summed E-state index contributed by atoms with van der Waals surface area (Å²) < 4.78 is 5.13. The van der Waals surface area contributed by atoms with Gasteiger partial charge in [0.15, 0.2) is 0 Å². The molecule has 0 aromatic heterocycles. The quantitative estimate of drug-likeness (QED) is 0.451. The summed E-state index contributed by atoms with van der Waals surface area (Å²) in [5.74, 6) is -0.384. The molecule has 7 nitrogen and oxygen atoms in total. The molecule has 2 aromatic carbocycles. The summed E-state index contributed by atoms with van der Waals surface area (Å²) in [5, 5.41) is 10.7. The molecule has 0 unspecified atom stereocenters. The zero-order valence-electron chi connectivity index (χ0n) is 13.7. The third kappa shape index (κ3) is 3.45. The zero-order chi connectivity index (χ0) is 18.7. The van der Waals surface area contributed by atoms with Crippen molar-refractivity contribution < 1.29 is 19.2 Å². The molecule has 1 aliphatic rings. The molecule has 0 bridgehead atoms. The van der Waals surface area contributed by atoms with E-state index in [1.807, 2.05) is 30.3 Å². The number of ether oxygens (including phenoxy) is 1. The Balaban J connectivity index is 1.91. The second-order valence-electron chi connectivity index (χ2n) is 5.41. The Kier molecular flexibility index (Phi) is 5.04. The first-order valence-corrected chi connectivity index (χ1v) is 8.43. The number of hydrogen-bond donors (Lipinski definition) is 0. The number of imide groups is 1. The number of nitro groups is 1. The van der Waals surface area contributed by atoms with Gasteiger partial charge < -0.3 is 4.74 Å². The lowest BCUT2D eigenvalue weighted by molar-refractivity contribution is -0.385. The topological polar surface area (TPSA) is 89.8 Å². The van der Waals surface area contributed by atoms with Gasteiger partial charge in [-0.25, -0.2) is 0 Å². The van der Waals surface area contributed by atoms with Gasteiger partial charge in [-0.05, 0) is 23.4 Å². The zero-order valence-corrected chi connectivity index (χ0v) is 14.6. The molecule has 26 heavy (non-hydrogen) atoms. The van der Waals surface area contributed by atoms with Gasteiger partial charge in [-0.3, -0.25) is 24.6 Å². The predicted molar refractivity (Wildman–Crippen MR) is 97.6 cm³/mol. The van der Waals surface area contributed by atoms with Crippen LogP contribution in [-0.4, -0.2) is 28.1 Å². The van der Waals surface area contributed by atoms with E-state index < -0.39 is 10.8 Å². The summed E-state index contributed by atoms with van der Waals surface area (Å²) in [7, 11) is 1.32. The molecule has 0 spiro atoms. The van der Waals surface area contributed by atoms with E-state index in [1.165, 1.54) is 25.3 Å². The molecule has 132 valence electrons. The highest BCUT2D eigenvalue weighted by atomic mass is 32.2. The molecule has 1 fully saturated rings. The summed E-state index contributed by atoms with van der Waals surface area (Å²) in [6, 6.07) is 13.6. The van der Waals surface area contributed by atoms with Crippen molar-refractivity contribution in [3.8, 4) is 5.75 Å². The highest BCUT2D eigenvalue weighted by Crippen LogP contribution is 2.37. The molecule has 1 saturated heterocycles. The minimum Gasteiger partial charge on any atom is -0.490 e. The van der Waals surface area contributed by atoms with Crippen molar-refractivity contribution in [3.05, 3.63) is 74.7 Å². The van der Waals surface area contributed by atoms with Gasteiger partial charge in [0.25, 0.3) is 11.1 Å². The molecule has 2 aromatic rings. The van der Waals surface area contributed by atoms with Crippen molar-refractivity contribution in [1.82, 2.24) is 4.90 Å². The van der Waals surface area contributed by atoms with E-state index in [1.54, 1.807) is 6.07 Å². The number of amides is 2. The van der Waals surface area contributed by atoms with Gasteiger partial charge in [0.05, 0.1) is 23.5 Å². The van der Waals surface area contributed by atoms with E-state index in [2.05, 4.69) is 0 Å². The number of nitrogens with zero attached hydrogens (tertiary/aromatic N) is 2. The Hall–Kier alpha value is -3.13. The van der Waals surface area contributed by atoms with Gasteiger partial charge in [-0.15, -0.1) is 0 Å². The van der Waals surface area contributed by atoms with Crippen molar-refractivity contribution >= 4 is 34.7 Å². The molecular formula is C18H14N2O5S. The lowest BCUT2D eigenvalue weighted by atomic mass is 10.1. The fourth-order valence-electron chi connectivity index (χ4n) is 2.57. The Morgan fingerprint density at radius 2 is 1.88 bits per heavy atom. The number of hydrogen-bond acceptors (Lipinski definition) is 6. The third-order valence-corrected chi connectivity index (χ3v) is 4.68. The predicted octanol–water partition coefficient (Wildman–Crippen LogP) is 3.84. The summed E-state index contributed by atoms with van der Waals surface area (Å²) in [6.45, 7) is 0.176. The largest absolute Gasteiger partial charge is 0.490 e. The van der Waals surface area contributed by atoms with Crippen molar-refractivity contribution in [2.45, 2.75) is 6.54 Å². The van der Waals surface area contributed by atoms with Crippen LogP contribution in [0.3, 0.4) is 0 Å². The molecular weight excluding hydrogens is 356 g/mol. The maximum Gasteiger partial charge on any atom is 0.311 e. The van der Waals surface area contributed by atoms with Gasteiger partial charge >= 0.3 is 5.69 Å². The SMILES string of the molecule is COc1c(/C=C2\SC(=O)N(Cc3ccccc3)C2=O)cccc1[N+](=O)[O-]. The van der Waals surface area contributed by atoms with Gasteiger partial charge in [-0.1, -0.05) is 42.5 Å². The normalized spacial score (nSPS) is 15.6. The van der Waals surface area contributed by atoms with Crippen LogP contribution in [0.2, 0.25) is 0 Å². The second kappa shape index (κ2) is 7.40. The Labute approximate surface area is 153 Å². The van der Waals surface area contributed by atoms with Crippen molar-refractivity contribution in [2.75, 3.05) is 7.11 Å². The molecule has 0 radical (unpaired) electrons. The number of thioether (sulfide) groups is 1. The number of carbonyl (C=O) groups excluding carboxylic acids is 2. The lowest BCUT2D eigenvalue weighted by Gasteiger charge is -2.12. The molecule has 3 rings (SSSR count). The van der Waals surface area contributed by atoms with E-state index in [-0.39, 0.29) is 28.1 Å². The van der Waals surface area contributed by atoms with Crippen LogP contribution in [0.4, 0.5) is 10.5 Å². The van der Waals surface area contributed by atoms with Crippen LogP contribution in [0.5, 0.6) is 5.75 Å². The number of carbonyl (C=O) groups is 2. The van der Waals surface area contributed by atoms with Gasteiger partial charge in [0, 0.05) is 11.6 Å². The average molecular weight is 370 g/mol. The van der Waals surface area contributed by atoms with Crippen LogP contribution >= 0.6 is 11.8 Å². The van der Waals surface area contributed by atoms with Crippen LogP contribution in [0, 0.1) is 10.1 Å². The maximum absolute atomic E-state index is 12.6. The van der Waals surface area contributed by atoms with Crippen LogP contribution in [0.15, 0.2) is 53.4 Å². The molecule has 0 aliphatic carbocycles. The summed E-state index contributed by atoms with van der Waals surface area (Å²) in [5.41, 5.74) is 1.00. The van der Waals surface area contributed by atoms with Crippen LogP contribution in [0.1, 0.15) is 11.1 Å². The van der Waals surface area contributed by atoms with Crippen molar-refractivity contribution in [3.63, 3.8) is 0 Å². The fraction of sp³-hybridized carbons (Fsp3) is 0.111. The lowest BCUT2D eigenvalue weighted by Crippen LogP contribution is -2.27. The van der Waals surface area contributed by atoms with Gasteiger partial charge in [0.1, 0.15) is 0 Å². The monoisotopic (exact) mass is 370 g/mol. The minimum absolute atomic E-state index is 0.0485. The first-order chi connectivity index (χ1) is 12.5. The molecule has 2 amide bonds. The van der Waals surface area contributed by atoms with Crippen molar-refractivity contribution in [1.29, 1.82) is 0 Å². The highest BCUT2D eigenvalue weighted by molar-refractivity contribution is 8.18. The van der Waals surface area contributed by atoms with Crippen molar-refractivity contribution in [2.24, 2.45) is 0 Å². The third-order valence-electron chi connectivity index (χ3n) is 3.77. The number of benzene rings is 2. The van der Waals surface area contributed by atoms with E-state index in [0.717, 1.165) is 22.2 Å². The van der Waals surface area contributed by atoms with Crippen LogP contribution in [0.25, 0.3) is 6.08 Å². The Bertz CT molecular complexity index is 911. The number of para-hydroxylation sites is 1. The van der Waals surface area contributed by atoms with E-state index in [9.17, 15) is 19.7 Å². The first-order valence-electron chi connectivity index (χ1n) is 7.62. The number of nitro benzene ring substituents is 1. The smallest absolute Gasteiger partial charge is 0.311 e. The molecule has 8 heteroatoms. The average Bonchev–Trinajstić information content (AvgIpc) is 2.90. The number of rotatable bonds is 5. The molecule has 0 saturated carbocycles. The molecule has 1 aliphatic heterocycles. The van der Waals surface area contributed by atoms with E-state index in [4.69, 9.17) is 4.74 Å². The van der Waals surface area contributed by atoms with Crippen LogP contribution < -0.4 is 4.74 Å². The minimum atomic E-state index is -0.558. The second-order valence-corrected chi connectivity index (χ2v) is 6.40. The Morgan fingerprint density at radius 1 is 1.15 bits per heavy atom. The molecule has 0 atom stereocenters. The van der Waals surface area contributed by atoms with Gasteiger partial charge in [0.2, 0.25) is 5.75 Å². The van der Waals surface area contributed by atoms with E-state index >= 15 is 0 Å². The summed E-state index contributed by atoms with van der Waals surface area (Å²) >= 11 is 0.802. The number of methoxy groups -OCH3 is 1. The maximum atomic E-state index is 12.6. The summed E-state index contributed by atoms with van der Waals surface area (Å²) in [4.78, 5) is 36.7. The highest BCUT2D eigenvalue weighted by Gasteiger charge is 2.35. The van der Waals surface area contributed by atoms with E-state index in [0.29, 0.717) is 5.56 Å². The van der Waals surface area contributed by atoms with Crippen LogP contribution in [-0.2, 0) is 11.3 Å².